The monoisotopic (exact) mass is 346 g/mol. The number of hydrogen-bond donors (Lipinski definition) is 1. The van der Waals surface area contributed by atoms with Crippen LogP contribution >= 0.6 is 0 Å². The van der Waals surface area contributed by atoms with Gasteiger partial charge in [-0.3, -0.25) is 4.79 Å². The van der Waals surface area contributed by atoms with Crippen molar-refractivity contribution in [2.75, 3.05) is 13.1 Å². The van der Waals surface area contributed by atoms with E-state index in [0.29, 0.717) is 25.7 Å². The largest absolute Gasteiger partial charge is 0.406 e. The summed E-state index contributed by atoms with van der Waals surface area (Å²) in [7, 11) is 0. The van der Waals surface area contributed by atoms with E-state index in [-0.39, 0.29) is 19.4 Å². The van der Waals surface area contributed by atoms with Gasteiger partial charge in [0, 0.05) is 12.6 Å². The van der Waals surface area contributed by atoms with Gasteiger partial charge in [0.1, 0.15) is 6.54 Å². The minimum absolute atomic E-state index is 0.0341. The number of carbonyl (C=O) groups is 1. The Balaban J connectivity index is 1.92. The number of hydrogen-bond acceptors (Lipinski definition) is 2. The fourth-order valence-corrected chi connectivity index (χ4v) is 3.39. The van der Waals surface area contributed by atoms with Gasteiger partial charge < -0.3 is 10.2 Å². The van der Waals surface area contributed by atoms with Crippen molar-refractivity contribution >= 4 is 5.91 Å². The van der Waals surface area contributed by atoms with Crippen LogP contribution in [-0.4, -0.2) is 48.3 Å². The second-order valence-corrected chi connectivity index (χ2v) is 6.34. The third kappa shape index (κ3) is 5.26. The lowest BCUT2D eigenvalue weighted by molar-refractivity contribution is -0.184. The summed E-state index contributed by atoms with van der Waals surface area (Å²) in [6, 6.07) is -1.29. The molecule has 9 heteroatoms. The van der Waals surface area contributed by atoms with Crippen LogP contribution in [0.2, 0.25) is 0 Å². The summed E-state index contributed by atoms with van der Waals surface area (Å²) >= 11 is 0. The molecule has 134 valence electrons. The number of amides is 1. The number of likely N-dealkylation sites (tertiary alicyclic amines) is 1. The van der Waals surface area contributed by atoms with E-state index in [9.17, 15) is 31.1 Å². The second-order valence-electron chi connectivity index (χ2n) is 6.34. The maximum Gasteiger partial charge on any atom is 0.406 e. The fourth-order valence-electron chi connectivity index (χ4n) is 3.39. The molecular weight excluding hydrogens is 326 g/mol. The lowest BCUT2D eigenvalue weighted by atomic mass is 9.84. The first-order chi connectivity index (χ1) is 10.6. The SMILES string of the molecule is O=C1[C@H](N[C@@H]2CCC[C@@H](C(F)(F)F)C2)CCCN1CC(F)(F)F. The van der Waals surface area contributed by atoms with Gasteiger partial charge in [-0.05, 0) is 32.1 Å². The summed E-state index contributed by atoms with van der Waals surface area (Å²) in [6.45, 7) is -1.27. The lowest BCUT2D eigenvalue weighted by Crippen LogP contribution is -2.56. The van der Waals surface area contributed by atoms with Crippen LogP contribution in [0.4, 0.5) is 26.3 Å². The number of nitrogens with one attached hydrogen (secondary N) is 1. The normalized spacial score (nSPS) is 30.6. The first-order valence-corrected chi connectivity index (χ1v) is 7.74. The van der Waals surface area contributed by atoms with Crippen molar-refractivity contribution in [1.29, 1.82) is 0 Å². The molecule has 1 saturated heterocycles. The molecule has 0 spiro atoms. The first-order valence-electron chi connectivity index (χ1n) is 7.74. The molecule has 2 fully saturated rings. The molecule has 0 bridgehead atoms. The highest BCUT2D eigenvalue weighted by Crippen LogP contribution is 2.37. The summed E-state index contributed by atoms with van der Waals surface area (Å²) in [5.74, 6) is -2.07. The number of alkyl halides is 6. The fraction of sp³-hybridized carbons (Fsp3) is 0.929. The van der Waals surface area contributed by atoms with Crippen molar-refractivity contribution in [3.63, 3.8) is 0 Å². The second kappa shape index (κ2) is 6.86. The summed E-state index contributed by atoms with van der Waals surface area (Å²) in [4.78, 5) is 12.8. The number of halogens is 6. The highest BCUT2D eigenvalue weighted by molar-refractivity contribution is 5.82. The average molecular weight is 346 g/mol. The Morgan fingerprint density at radius 2 is 1.74 bits per heavy atom. The van der Waals surface area contributed by atoms with E-state index in [1.165, 1.54) is 0 Å². The van der Waals surface area contributed by atoms with Gasteiger partial charge in [-0.25, -0.2) is 0 Å². The van der Waals surface area contributed by atoms with Crippen LogP contribution in [0, 0.1) is 5.92 Å². The third-order valence-electron chi connectivity index (χ3n) is 4.47. The highest BCUT2D eigenvalue weighted by atomic mass is 19.4. The smallest absolute Gasteiger partial charge is 0.332 e. The maximum absolute atomic E-state index is 12.8. The Morgan fingerprint density at radius 3 is 2.35 bits per heavy atom. The van der Waals surface area contributed by atoms with Crippen molar-refractivity contribution in [3.05, 3.63) is 0 Å². The minimum atomic E-state index is -4.47. The molecule has 1 saturated carbocycles. The van der Waals surface area contributed by atoms with Crippen molar-refractivity contribution in [2.24, 2.45) is 5.92 Å². The Kier molecular flexibility index (Phi) is 5.48. The van der Waals surface area contributed by atoms with E-state index in [2.05, 4.69) is 5.32 Å². The van der Waals surface area contributed by atoms with Crippen LogP contribution in [0.3, 0.4) is 0 Å². The van der Waals surface area contributed by atoms with Gasteiger partial charge in [-0.2, -0.15) is 26.3 Å². The molecule has 2 aliphatic rings. The van der Waals surface area contributed by atoms with Crippen LogP contribution < -0.4 is 5.32 Å². The van der Waals surface area contributed by atoms with Crippen LogP contribution in [0.25, 0.3) is 0 Å². The zero-order valence-corrected chi connectivity index (χ0v) is 12.5. The predicted molar refractivity (Wildman–Crippen MR) is 70.6 cm³/mol. The van der Waals surface area contributed by atoms with Gasteiger partial charge in [0.15, 0.2) is 0 Å². The molecule has 23 heavy (non-hydrogen) atoms. The lowest BCUT2D eigenvalue weighted by Gasteiger charge is -2.37. The van der Waals surface area contributed by atoms with Gasteiger partial charge >= 0.3 is 12.4 Å². The number of piperidine rings is 1. The summed E-state index contributed by atoms with van der Waals surface area (Å²) in [5, 5.41) is 2.87. The summed E-state index contributed by atoms with van der Waals surface area (Å²) < 4.78 is 75.7. The average Bonchev–Trinajstić information content (AvgIpc) is 2.41. The van der Waals surface area contributed by atoms with E-state index < -0.39 is 42.8 Å². The zero-order chi connectivity index (χ0) is 17.3. The number of nitrogens with zero attached hydrogens (tertiary/aromatic N) is 1. The van der Waals surface area contributed by atoms with Crippen molar-refractivity contribution < 1.29 is 31.1 Å². The van der Waals surface area contributed by atoms with Crippen LogP contribution in [0.15, 0.2) is 0 Å². The van der Waals surface area contributed by atoms with E-state index in [1.54, 1.807) is 0 Å². The maximum atomic E-state index is 12.8. The Morgan fingerprint density at radius 1 is 1.04 bits per heavy atom. The standard InChI is InChI=1S/C14H20F6N2O/c15-13(16,17)8-22-6-2-5-11(12(22)23)21-10-4-1-3-9(7-10)14(18,19)20/h9-11,21H,1-8H2/t9-,10-,11-/m1/s1. The first kappa shape index (κ1) is 18.4. The molecule has 1 heterocycles. The van der Waals surface area contributed by atoms with Crippen LogP contribution in [0.5, 0.6) is 0 Å². The quantitative estimate of drug-likeness (QED) is 0.796. The molecule has 2 rings (SSSR count). The third-order valence-corrected chi connectivity index (χ3v) is 4.47. The molecule has 0 radical (unpaired) electrons. The molecule has 0 aromatic heterocycles. The predicted octanol–water partition coefficient (Wildman–Crippen LogP) is 3.25. The van der Waals surface area contributed by atoms with Gasteiger partial charge in [-0.15, -0.1) is 0 Å². The van der Waals surface area contributed by atoms with Crippen molar-refractivity contribution in [1.82, 2.24) is 10.2 Å². The Labute approximate surface area is 130 Å². The molecule has 0 aromatic rings. The molecule has 1 aliphatic carbocycles. The van der Waals surface area contributed by atoms with Gasteiger partial charge in [0.25, 0.3) is 0 Å². The van der Waals surface area contributed by atoms with Gasteiger partial charge in [-0.1, -0.05) is 6.42 Å². The zero-order valence-electron chi connectivity index (χ0n) is 12.5. The van der Waals surface area contributed by atoms with Crippen LogP contribution in [-0.2, 0) is 4.79 Å². The number of carbonyl (C=O) groups excluding carboxylic acids is 1. The van der Waals surface area contributed by atoms with E-state index in [1.807, 2.05) is 0 Å². The molecule has 1 aliphatic heterocycles. The molecule has 3 atom stereocenters. The molecule has 0 unspecified atom stereocenters. The highest BCUT2D eigenvalue weighted by Gasteiger charge is 2.43. The van der Waals surface area contributed by atoms with E-state index >= 15 is 0 Å². The van der Waals surface area contributed by atoms with Gasteiger partial charge in [0.05, 0.1) is 12.0 Å². The molecule has 0 aromatic carbocycles. The minimum Gasteiger partial charge on any atom is -0.332 e. The van der Waals surface area contributed by atoms with E-state index in [4.69, 9.17) is 0 Å². The molecular formula is C14H20F6N2O. The molecule has 1 amide bonds. The topological polar surface area (TPSA) is 32.3 Å². The molecule has 3 nitrogen and oxygen atoms in total. The van der Waals surface area contributed by atoms with E-state index in [0.717, 1.165) is 4.90 Å². The summed E-state index contributed by atoms with van der Waals surface area (Å²) in [5.41, 5.74) is 0. The summed E-state index contributed by atoms with van der Waals surface area (Å²) in [6.07, 6.45) is -7.10. The molecule has 1 N–H and O–H groups in total. The Bertz CT molecular complexity index is 422. The van der Waals surface area contributed by atoms with Crippen LogP contribution in [0.1, 0.15) is 38.5 Å². The number of rotatable bonds is 3. The Hall–Kier alpha value is -0.990. The van der Waals surface area contributed by atoms with Gasteiger partial charge in [0.2, 0.25) is 5.91 Å². The van der Waals surface area contributed by atoms with Crippen molar-refractivity contribution in [3.8, 4) is 0 Å². The van der Waals surface area contributed by atoms with Crippen molar-refractivity contribution in [2.45, 2.75) is 63.0 Å².